The third-order valence-electron chi connectivity index (χ3n) is 11.7. The molecule has 9 atom stereocenters. The van der Waals surface area contributed by atoms with Crippen LogP contribution in [-0.4, -0.2) is 159 Å². The minimum absolute atomic E-state index is 0.0333. The van der Waals surface area contributed by atoms with Gasteiger partial charge in [0.15, 0.2) is 0 Å². The Kier molecular flexibility index (Phi) is 24.4. The molecule has 2 saturated heterocycles. The topological polar surface area (TPSA) is 400 Å². The minimum Gasteiger partial charge on any atom is -0.508 e. The van der Waals surface area contributed by atoms with Crippen LogP contribution >= 0.6 is 23.5 Å². The molecule has 0 aliphatic carbocycles. The van der Waals surface area contributed by atoms with Gasteiger partial charge in [-0.1, -0.05) is 46.2 Å². The van der Waals surface area contributed by atoms with Crippen LogP contribution in [0.15, 0.2) is 24.3 Å². The number of phenolic OH excluding ortho intramolecular Hbond substituents is 1. The third kappa shape index (κ3) is 19.9. The molecular formula is C45H70N12O12S2. The first-order chi connectivity index (χ1) is 33.5. The number of nitrogens with two attached hydrogens (primary N) is 4. The second-order valence-corrected chi connectivity index (χ2v) is 20.3. The molecule has 3 rings (SSSR count). The first-order valence-corrected chi connectivity index (χ1v) is 25.8. The van der Waals surface area contributed by atoms with Gasteiger partial charge in [0.2, 0.25) is 65.0 Å². The fourth-order valence-corrected chi connectivity index (χ4v) is 9.78. The van der Waals surface area contributed by atoms with E-state index in [1.807, 2.05) is 13.8 Å². The molecule has 2 heterocycles. The van der Waals surface area contributed by atoms with Gasteiger partial charge in [-0.3, -0.25) is 52.7 Å². The first-order valence-electron chi connectivity index (χ1n) is 23.4. The highest BCUT2D eigenvalue weighted by Gasteiger charge is 2.41. The second kappa shape index (κ2) is 29.3. The molecule has 24 nitrogen and oxygen atoms in total. The lowest BCUT2D eigenvalue weighted by atomic mass is 9.96. The highest BCUT2D eigenvalue weighted by Crippen LogP contribution is 2.22. The number of hydrogen-bond acceptors (Lipinski definition) is 15. The van der Waals surface area contributed by atoms with Gasteiger partial charge in [0.25, 0.3) is 0 Å². The number of carbonyl (C=O) groups excluding carboxylic acids is 11. The van der Waals surface area contributed by atoms with Gasteiger partial charge < -0.3 is 70.2 Å². The lowest BCUT2D eigenvalue weighted by Crippen LogP contribution is -2.61. The van der Waals surface area contributed by atoms with Crippen molar-refractivity contribution in [3.63, 3.8) is 0 Å². The van der Waals surface area contributed by atoms with Crippen LogP contribution in [0.5, 0.6) is 5.75 Å². The number of thioether (sulfide) groups is 2. The standard InChI is InChI=1S/C45H70N12O12S2/c1-5-24(4)37-44(68)51-28(12-13-34(47)59)40(64)53-31(19-35(48)60)41(65)55-32(45(69)57-14-6-7-33(57)43(67)54-29(17-23(2)3)39(63)50-20-36(49)61)22-71-16-15-70-21-27(46)38(62)52-30(42(66)56-37)18-25-8-10-26(58)11-9-25/h8-11,23-24,27-33,37,58H,5-7,12-22,46H2,1-4H3,(H2,47,59)(H2,48,60)(H2,49,61)(H,50,63)(H,51,68)(H,52,62)(H,53,64)(H,54,67)(H,55,65)(H,56,66)/t24-,27-,28-,29-,30-,31-,32-,33-,37-/m0/s1. The quantitative estimate of drug-likeness (QED) is 0.0720. The summed E-state index contributed by atoms with van der Waals surface area (Å²) in [4.78, 5) is 148. The Bertz CT molecular complexity index is 2080. The number of amides is 11. The van der Waals surface area contributed by atoms with Crippen molar-refractivity contribution in [2.75, 3.05) is 36.1 Å². The molecule has 2 aliphatic rings. The predicted octanol–water partition coefficient (Wildman–Crippen LogP) is -3.52. The van der Waals surface area contributed by atoms with Crippen molar-refractivity contribution < 1.29 is 57.8 Å². The Morgan fingerprint density at radius 3 is 1.99 bits per heavy atom. The van der Waals surface area contributed by atoms with Crippen molar-refractivity contribution in [2.45, 2.75) is 127 Å². The number of phenols is 1. The number of primary amides is 3. The number of likely N-dealkylation sites (tertiary alicyclic amines) is 1. The van der Waals surface area contributed by atoms with Gasteiger partial charge in [-0.2, -0.15) is 23.5 Å². The molecule has 1 aromatic carbocycles. The van der Waals surface area contributed by atoms with Gasteiger partial charge in [-0.05, 0) is 55.2 Å². The Morgan fingerprint density at radius 1 is 0.775 bits per heavy atom. The van der Waals surface area contributed by atoms with Crippen molar-refractivity contribution in [2.24, 2.45) is 34.8 Å². The van der Waals surface area contributed by atoms with E-state index < -0.39 is 145 Å². The van der Waals surface area contributed by atoms with Gasteiger partial charge in [-0.15, -0.1) is 0 Å². The number of carbonyl (C=O) groups is 11. The highest BCUT2D eigenvalue weighted by molar-refractivity contribution is 8.03. The van der Waals surface area contributed by atoms with Crippen LogP contribution in [0.1, 0.15) is 78.2 Å². The molecule has 0 spiro atoms. The molecular weight excluding hydrogens is 965 g/mol. The van der Waals surface area contributed by atoms with Gasteiger partial charge >= 0.3 is 0 Å². The Labute approximate surface area is 420 Å². The van der Waals surface area contributed by atoms with Crippen LogP contribution in [0.25, 0.3) is 0 Å². The summed E-state index contributed by atoms with van der Waals surface area (Å²) in [5, 5.41) is 27.9. The monoisotopic (exact) mass is 1030 g/mol. The number of hydrogen-bond donors (Lipinski definition) is 12. The van der Waals surface area contributed by atoms with Crippen molar-refractivity contribution in [3.05, 3.63) is 29.8 Å². The molecule has 71 heavy (non-hydrogen) atoms. The summed E-state index contributed by atoms with van der Waals surface area (Å²) in [5.74, 6) is -9.02. The molecule has 0 saturated carbocycles. The molecule has 11 amide bonds. The summed E-state index contributed by atoms with van der Waals surface area (Å²) < 4.78 is 0. The Hall–Kier alpha value is -6.15. The van der Waals surface area contributed by atoms with Crippen molar-refractivity contribution in [1.29, 1.82) is 0 Å². The normalized spacial score (nSPS) is 24.3. The maximum atomic E-state index is 14.5. The number of nitrogens with zero attached hydrogens (tertiary/aromatic N) is 1. The third-order valence-corrected chi connectivity index (χ3v) is 14.1. The first kappa shape index (κ1) is 59.2. The van der Waals surface area contributed by atoms with E-state index in [0.29, 0.717) is 29.9 Å². The fraction of sp³-hybridized carbons (Fsp3) is 0.622. The molecule has 26 heteroatoms. The zero-order valence-electron chi connectivity index (χ0n) is 40.5. The molecule has 2 fully saturated rings. The summed E-state index contributed by atoms with van der Waals surface area (Å²) in [6.07, 6.45) is -0.571. The maximum Gasteiger partial charge on any atom is 0.246 e. The molecule has 394 valence electrons. The number of rotatable bonds is 17. The van der Waals surface area contributed by atoms with Crippen molar-refractivity contribution >= 4 is 88.5 Å². The van der Waals surface area contributed by atoms with Crippen LogP contribution in [0.4, 0.5) is 0 Å². The summed E-state index contributed by atoms with van der Waals surface area (Å²) >= 11 is 2.52. The van der Waals surface area contributed by atoms with Gasteiger partial charge in [-0.25, -0.2) is 0 Å². The summed E-state index contributed by atoms with van der Waals surface area (Å²) in [5.41, 5.74) is 23.0. The fourth-order valence-electron chi connectivity index (χ4n) is 7.63. The van der Waals surface area contributed by atoms with Gasteiger partial charge in [0.1, 0.15) is 48.0 Å². The van der Waals surface area contributed by atoms with E-state index >= 15 is 0 Å². The molecule has 1 aromatic rings. The molecule has 0 bridgehead atoms. The van der Waals surface area contributed by atoms with Gasteiger partial charge in [0.05, 0.1) is 19.0 Å². The molecule has 0 radical (unpaired) electrons. The second-order valence-electron chi connectivity index (χ2n) is 18.0. The van der Waals surface area contributed by atoms with E-state index in [2.05, 4.69) is 37.2 Å². The zero-order valence-corrected chi connectivity index (χ0v) is 42.1. The van der Waals surface area contributed by atoms with Crippen molar-refractivity contribution in [1.82, 2.24) is 42.1 Å². The van der Waals surface area contributed by atoms with Crippen molar-refractivity contribution in [3.8, 4) is 5.75 Å². The SMILES string of the molecule is CC[C@H](C)[C@@H]1NC(=O)[C@H](Cc2ccc(O)cc2)NC(=O)[C@@H](N)CSCCSC[C@@H](C(=O)N2CCC[C@H]2C(=O)N[C@@H](CC(C)C)C(=O)NCC(N)=O)NC(=O)[C@H](CC(N)=O)NC(=O)[C@H](CCC(N)=O)NC1=O. The van der Waals surface area contributed by atoms with Crippen LogP contribution in [-0.2, 0) is 59.2 Å². The zero-order chi connectivity index (χ0) is 52.9. The van der Waals surface area contributed by atoms with E-state index in [1.165, 1.54) is 40.6 Å². The average molecular weight is 1040 g/mol. The van der Waals surface area contributed by atoms with Crippen LogP contribution in [0.2, 0.25) is 0 Å². The van der Waals surface area contributed by atoms with E-state index in [1.54, 1.807) is 26.0 Å². The van der Waals surface area contributed by atoms with Crippen LogP contribution in [0.3, 0.4) is 0 Å². The summed E-state index contributed by atoms with van der Waals surface area (Å²) in [6.45, 7) is 6.68. The number of benzene rings is 1. The minimum atomic E-state index is -1.73. The van der Waals surface area contributed by atoms with E-state index in [-0.39, 0.29) is 49.0 Å². The average Bonchev–Trinajstić information content (AvgIpc) is 3.81. The van der Waals surface area contributed by atoms with Crippen LogP contribution < -0.4 is 60.2 Å². The number of nitrogens with one attached hydrogen (secondary N) is 7. The van der Waals surface area contributed by atoms with E-state index in [4.69, 9.17) is 22.9 Å². The van der Waals surface area contributed by atoms with E-state index in [9.17, 15) is 57.8 Å². The summed E-state index contributed by atoms with van der Waals surface area (Å²) in [7, 11) is 0. The molecule has 0 unspecified atom stereocenters. The lowest BCUT2D eigenvalue weighted by Gasteiger charge is -2.31. The Balaban J connectivity index is 2.02. The van der Waals surface area contributed by atoms with Gasteiger partial charge in [0, 0.05) is 42.4 Å². The lowest BCUT2D eigenvalue weighted by molar-refractivity contribution is -0.142. The predicted molar refractivity (Wildman–Crippen MR) is 264 cm³/mol. The largest absolute Gasteiger partial charge is 0.508 e. The smallest absolute Gasteiger partial charge is 0.246 e. The maximum absolute atomic E-state index is 14.5. The molecule has 0 aromatic heterocycles. The van der Waals surface area contributed by atoms with Crippen LogP contribution in [0, 0.1) is 11.8 Å². The highest BCUT2D eigenvalue weighted by atomic mass is 32.2. The summed E-state index contributed by atoms with van der Waals surface area (Å²) in [6, 6.07) is -4.65. The number of aromatic hydroxyl groups is 1. The Morgan fingerprint density at radius 2 is 1.38 bits per heavy atom. The van der Waals surface area contributed by atoms with E-state index in [0.717, 1.165) is 0 Å². The molecule has 2 aliphatic heterocycles. The molecule has 16 N–H and O–H groups in total.